The van der Waals surface area contributed by atoms with Crippen molar-refractivity contribution in [1.82, 2.24) is 15.0 Å². The number of hydrogen-bond donors (Lipinski definition) is 2. The third-order valence-corrected chi connectivity index (χ3v) is 9.45. The number of rotatable bonds is 8. The van der Waals surface area contributed by atoms with Gasteiger partial charge in [-0.3, -0.25) is 0 Å². The summed E-state index contributed by atoms with van der Waals surface area (Å²) in [5.74, 6) is 0. The zero-order valence-electron chi connectivity index (χ0n) is 26.9. The molecule has 0 spiro atoms. The van der Waals surface area contributed by atoms with Gasteiger partial charge in [0.05, 0.1) is 11.4 Å². The molecule has 2 aliphatic rings. The molecule has 0 unspecified atom stereocenters. The first kappa shape index (κ1) is 29.1. The Kier molecular flexibility index (Phi) is 8.40. The van der Waals surface area contributed by atoms with Gasteiger partial charge in [0.25, 0.3) is 0 Å². The van der Waals surface area contributed by atoms with Crippen LogP contribution in [0, 0.1) is 0 Å². The van der Waals surface area contributed by atoms with Gasteiger partial charge in [0, 0.05) is 45.3 Å². The summed E-state index contributed by atoms with van der Waals surface area (Å²) in [7, 11) is 2.24. The average molecular weight is 550 g/mol. The summed E-state index contributed by atoms with van der Waals surface area (Å²) in [4.78, 5) is 13.1. The van der Waals surface area contributed by atoms with Crippen molar-refractivity contribution < 1.29 is 4.57 Å². The van der Waals surface area contributed by atoms with Gasteiger partial charge in [0.2, 0.25) is 11.4 Å². The van der Waals surface area contributed by atoms with Crippen molar-refractivity contribution in [2.24, 2.45) is 7.05 Å². The summed E-state index contributed by atoms with van der Waals surface area (Å²) in [6.45, 7) is 18.3. The van der Waals surface area contributed by atoms with E-state index in [-0.39, 0.29) is 0 Å². The van der Waals surface area contributed by atoms with E-state index in [0.29, 0.717) is 0 Å². The Morgan fingerprint density at radius 3 is 1.24 bits per heavy atom. The predicted octanol–water partition coefficient (Wildman–Crippen LogP) is 9.46. The lowest BCUT2D eigenvalue weighted by molar-refractivity contribution is -0.673. The molecule has 0 atom stereocenters. The van der Waals surface area contributed by atoms with Crippen LogP contribution in [0.2, 0.25) is 0 Å². The number of aromatic nitrogens is 4. The van der Waals surface area contributed by atoms with E-state index >= 15 is 0 Å². The fourth-order valence-electron chi connectivity index (χ4n) is 7.50. The molecule has 5 rings (SSSR count). The van der Waals surface area contributed by atoms with Crippen molar-refractivity contribution in [2.75, 3.05) is 0 Å². The second kappa shape index (κ2) is 11.8. The lowest BCUT2D eigenvalue weighted by Gasteiger charge is -2.03. The van der Waals surface area contributed by atoms with Gasteiger partial charge in [-0.1, -0.05) is 55.4 Å². The van der Waals surface area contributed by atoms with E-state index in [0.717, 1.165) is 62.8 Å². The minimum absolute atomic E-state index is 0.981. The topological polar surface area (TPSA) is 48.4 Å². The van der Waals surface area contributed by atoms with Crippen LogP contribution in [0.25, 0.3) is 44.4 Å². The van der Waals surface area contributed by atoms with Gasteiger partial charge < -0.3 is 9.97 Å². The lowest BCUT2D eigenvalue weighted by atomic mass is 9.97. The Hall–Kier alpha value is -3.40. The number of H-pyrrole nitrogens is 2. The van der Waals surface area contributed by atoms with Gasteiger partial charge in [-0.2, -0.15) is 4.57 Å². The Bertz CT molecular complexity index is 1720. The van der Waals surface area contributed by atoms with Crippen LogP contribution in [0.15, 0.2) is 24.3 Å². The molecule has 4 heteroatoms. The molecular formula is C37H49N4+. The average Bonchev–Trinajstić information content (AvgIpc) is 3.67. The number of aryl methyl sites for hydroxylation is 4. The molecule has 0 aliphatic carbocycles. The molecule has 0 fully saturated rings. The molecule has 0 saturated carbocycles. The molecule has 8 bridgehead atoms. The SMILES string of the molecule is CCC1=C(CC)c2cc3[nH]c(cc4[nH]c(cc5[n+](C)c(cc1n2)C(CC)=C5CC)c(CC)c4CC)c(CC)c3CC. The summed E-state index contributed by atoms with van der Waals surface area (Å²) in [5, 5.41) is 0. The van der Waals surface area contributed by atoms with E-state index in [2.05, 4.69) is 101 Å². The van der Waals surface area contributed by atoms with Crippen LogP contribution in [0.5, 0.6) is 0 Å². The van der Waals surface area contributed by atoms with E-state index in [1.165, 1.54) is 78.0 Å². The standard InChI is InChI=1S/C37H48N4/c1-10-22-23(11-2)31-19-33-25(13-4)27(15-6)35(40-33)21-37-29(17-8)28(16-7)36(41(37)9)20-34-26(14-5)24(12-3)32(39-34)18-30(22)38-31/h18-21H,10-17H2,1-9H3,(H,38,39,40)/p+1. The third kappa shape index (κ3) is 4.70. The quantitative estimate of drug-likeness (QED) is 0.270. The zero-order chi connectivity index (χ0) is 29.4. The molecule has 2 N–H and O–H groups in total. The van der Waals surface area contributed by atoms with E-state index in [9.17, 15) is 0 Å². The molecule has 0 radical (unpaired) electrons. The Morgan fingerprint density at radius 1 is 0.463 bits per heavy atom. The van der Waals surface area contributed by atoms with Gasteiger partial charge in [-0.25, -0.2) is 4.98 Å². The highest BCUT2D eigenvalue weighted by Gasteiger charge is 2.30. The maximum atomic E-state index is 5.35. The molecule has 3 aromatic rings. The summed E-state index contributed by atoms with van der Waals surface area (Å²) in [6, 6.07) is 9.50. The fourth-order valence-corrected chi connectivity index (χ4v) is 7.50. The first-order valence-electron chi connectivity index (χ1n) is 16.1. The van der Waals surface area contributed by atoms with Gasteiger partial charge in [-0.05, 0) is 96.9 Å². The fraction of sp³-hybridized carbons (Fsp3) is 0.459. The molecular weight excluding hydrogens is 500 g/mol. The van der Waals surface area contributed by atoms with Gasteiger partial charge in [0.15, 0.2) is 0 Å². The van der Waals surface area contributed by atoms with Crippen molar-refractivity contribution in [3.63, 3.8) is 0 Å². The van der Waals surface area contributed by atoms with E-state index in [1.54, 1.807) is 0 Å². The van der Waals surface area contributed by atoms with Crippen LogP contribution in [0.1, 0.15) is 126 Å². The summed E-state index contributed by atoms with van der Waals surface area (Å²) >= 11 is 0. The normalized spacial score (nSPS) is 13.6. The van der Waals surface area contributed by atoms with E-state index in [1.807, 2.05) is 0 Å². The van der Waals surface area contributed by atoms with Crippen molar-refractivity contribution in [3.8, 4) is 0 Å². The Labute approximate surface area is 246 Å². The number of hydrogen-bond acceptors (Lipinski definition) is 1. The highest BCUT2D eigenvalue weighted by atomic mass is 15.0. The van der Waals surface area contributed by atoms with Gasteiger partial charge in [-0.15, -0.1) is 0 Å². The Balaban J connectivity index is 2.07. The van der Waals surface area contributed by atoms with E-state index in [4.69, 9.17) is 4.98 Å². The number of aromatic amines is 2. The minimum atomic E-state index is 0.981. The first-order chi connectivity index (χ1) is 19.9. The van der Waals surface area contributed by atoms with Gasteiger partial charge in [0.1, 0.15) is 7.05 Å². The second-order valence-corrected chi connectivity index (χ2v) is 11.4. The van der Waals surface area contributed by atoms with Gasteiger partial charge >= 0.3 is 0 Å². The van der Waals surface area contributed by atoms with Crippen LogP contribution < -0.4 is 4.57 Å². The largest absolute Gasteiger partial charge is 0.355 e. The van der Waals surface area contributed by atoms with Crippen LogP contribution in [-0.4, -0.2) is 15.0 Å². The summed E-state index contributed by atoms with van der Waals surface area (Å²) < 4.78 is 2.42. The molecule has 5 heterocycles. The summed E-state index contributed by atoms with van der Waals surface area (Å²) in [5.41, 5.74) is 21.1. The second-order valence-electron chi connectivity index (χ2n) is 11.4. The van der Waals surface area contributed by atoms with Crippen molar-refractivity contribution >= 4 is 44.4 Å². The molecule has 2 aliphatic heterocycles. The highest BCUT2D eigenvalue weighted by Crippen LogP contribution is 2.38. The maximum Gasteiger partial charge on any atom is 0.211 e. The molecule has 41 heavy (non-hydrogen) atoms. The lowest BCUT2D eigenvalue weighted by Crippen LogP contribution is -2.32. The maximum absolute atomic E-state index is 5.35. The molecule has 4 nitrogen and oxygen atoms in total. The monoisotopic (exact) mass is 549 g/mol. The third-order valence-electron chi connectivity index (χ3n) is 9.45. The molecule has 0 saturated heterocycles. The Morgan fingerprint density at radius 2 is 0.829 bits per heavy atom. The number of fused-ring (bicyclic) bond motifs is 8. The molecule has 0 amide bonds. The summed E-state index contributed by atoms with van der Waals surface area (Å²) in [6.07, 6.45) is 8.00. The first-order valence-corrected chi connectivity index (χ1v) is 16.1. The zero-order valence-corrected chi connectivity index (χ0v) is 26.9. The minimum Gasteiger partial charge on any atom is -0.355 e. The van der Waals surface area contributed by atoms with Crippen molar-refractivity contribution in [2.45, 2.75) is 107 Å². The number of nitrogens with one attached hydrogen (secondary N) is 2. The van der Waals surface area contributed by atoms with Crippen LogP contribution in [0.3, 0.4) is 0 Å². The number of allylic oxidation sites excluding steroid dienone is 4. The van der Waals surface area contributed by atoms with Crippen molar-refractivity contribution in [3.05, 3.63) is 69.3 Å². The number of nitrogens with zero attached hydrogens (tertiary/aromatic N) is 2. The van der Waals surface area contributed by atoms with Crippen LogP contribution >= 0.6 is 0 Å². The highest BCUT2D eigenvalue weighted by molar-refractivity contribution is 5.95. The molecule has 3 aromatic heterocycles. The smallest absolute Gasteiger partial charge is 0.211 e. The van der Waals surface area contributed by atoms with Crippen LogP contribution in [0.4, 0.5) is 0 Å². The van der Waals surface area contributed by atoms with Crippen molar-refractivity contribution in [1.29, 1.82) is 0 Å². The van der Waals surface area contributed by atoms with Crippen LogP contribution in [-0.2, 0) is 32.7 Å². The molecule has 0 aromatic carbocycles. The van der Waals surface area contributed by atoms with E-state index < -0.39 is 0 Å². The molecule has 216 valence electrons. The predicted molar refractivity (Wildman–Crippen MR) is 177 cm³/mol.